The van der Waals surface area contributed by atoms with Crippen LogP contribution < -0.4 is 4.90 Å². The lowest BCUT2D eigenvalue weighted by atomic mass is 10.0. The van der Waals surface area contributed by atoms with Crippen molar-refractivity contribution >= 4 is 43.4 Å². The van der Waals surface area contributed by atoms with E-state index in [1.54, 1.807) is 11.3 Å². The van der Waals surface area contributed by atoms with E-state index in [2.05, 4.69) is 69.0 Å². The average molecular weight is 446 g/mol. The Hall–Kier alpha value is -2.76. The minimum Gasteiger partial charge on any atom is -0.302 e. The summed E-state index contributed by atoms with van der Waals surface area (Å²) < 4.78 is 1.16. The molecule has 0 aliphatic carbocycles. The van der Waals surface area contributed by atoms with E-state index in [0.717, 1.165) is 45.9 Å². The maximum Gasteiger partial charge on any atom is 0.233 e. The summed E-state index contributed by atoms with van der Waals surface area (Å²) in [6, 6.07) is 18.8. The number of hydrogen-bond acceptors (Lipinski definition) is 4. The standard InChI is InChI=1S/C27H31N3OS/c1-5-29(6-2)14-15-30(27-28-24-17-19(3)16-20(4)26(24)32-27)25(31)18-22-12-9-11-21-10-7-8-13-23(21)22/h7-13,16-17H,5-6,14-15,18H2,1-4H3. The van der Waals surface area contributed by atoms with Crippen LogP contribution in [0.4, 0.5) is 5.13 Å². The Balaban J connectivity index is 1.68. The van der Waals surface area contributed by atoms with Crippen molar-refractivity contribution in [1.82, 2.24) is 9.88 Å². The van der Waals surface area contributed by atoms with Gasteiger partial charge in [0.15, 0.2) is 5.13 Å². The highest BCUT2D eigenvalue weighted by molar-refractivity contribution is 7.22. The fourth-order valence-corrected chi connectivity index (χ4v) is 5.35. The highest BCUT2D eigenvalue weighted by atomic mass is 32.1. The molecule has 4 nitrogen and oxygen atoms in total. The monoisotopic (exact) mass is 445 g/mol. The van der Waals surface area contributed by atoms with Gasteiger partial charge in [0.05, 0.1) is 16.6 Å². The molecule has 0 unspecified atom stereocenters. The van der Waals surface area contributed by atoms with Gasteiger partial charge in [0.25, 0.3) is 0 Å². The van der Waals surface area contributed by atoms with E-state index in [9.17, 15) is 4.79 Å². The van der Waals surface area contributed by atoms with E-state index in [-0.39, 0.29) is 5.91 Å². The first-order valence-electron chi connectivity index (χ1n) is 11.4. The first kappa shape index (κ1) is 22.4. The molecule has 1 heterocycles. The Labute approximate surface area is 194 Å². The van der Waals surface area contributed by atoms with Gasteiger partial charge >= 0.3 is 0 Å². The molecule has 0 bridgehead atoms. The topological polar surface area (TPSA) is 36.4 Å². The summed E-state index contributed by atoms with van der Waals surface area (Å²) in [4.78, 5) is 22.8. The molecule has 1 amide bonds. The summed E-state index contributed by atoms with van der Waals surface area (Å²) >= 11 is 1.63. The van der Waals surface area contributed by atoms with Gasteiger partial charge in [-0.3, -0.25) is 9.69 Å². The first-order valence-corrected chi connectivity index (χ1v) is 12.2. The number of anilines is 1. The minimum absolute atomic E-state index is 0.0990. The van der Waals surface area contributed by atoms with E-state index in [1.165, 1.54) is 16.5 Å². The van der Waals surface area contributed by atoms with Gasteiger partial charge in [-0.25, -0.2) is 4.98 Å². The number of hydrogen-bond donors (Lipinski definition) is 0. The third-order valence-corrected chi connectivity index (χ3v) is 7.33. The van der Waals surface area contributed by atoms with Crippen LogP contribution in [-0.4, -0.2) is 42.0 Å². The van der Waals surface area contributed by atoms with Crippen LogP contribution >= 0.6 is 11.3 Å². The number of aryl methyl sites for hydroxylation is 2. The van der Waals surface area contributed by atoms with Crippen LogP contribution in [0.1, 0.15) is 30.5 Å². The van der Waals surface area contributed by atoms with Crippen LogP contribution in [-0.2, 0) is 11.2 Å². The summed E-state index contributed by atoms with van der Waals surface area (Å²) in [6.45, 7) is 12.0. The predicted octanol–water partition coefficient (Wildman–Crippen LogP) is 5.98. The average Bonchev–Trinajstić information content (AvgIpc) is 3.21. The number of amides is 1. The van der Waals surface area contributed by atoms with Crippen LogP contribution in [0.25, 0.3) is 21.0 Å². The Morgan fingerprint density at radius 2 is 1.72 bits per heavy atom. The van der Waals surface area contributed by atoms with Gasteiger partial charge in [0, 0.05) is 13.1 Å². The Morgan fingerprint density at radius 1 is 0.969 bits per heavy atom. The number of carbonyl (C=O) groups is 1. The summed E-state index contributed by atoms with van der Waals surface area (Å²) in [6.07, 6.45) is 0.369. The summed E-state index contributed by atoms with van der Waals surface area (Å²) in [5, 5.41) is 3.10. The molecule has 0 saturated carbocycles. The van der Waals surface area contributed by atoms with E-state index in [1.807, 2.05) is 23.1 Å². The lowest BCUT2D eigenvalue weighted by Gasteiger charge is -2.25. The Kier molecular flexibility index (Phi) is 6.87. The molecule has 166 valence electrons. The number of nitrogens with zero attached hydrogens (tertiary/aromatic N) is 3. The molecule has 3 aromatic carbocycles. The molecule has 0 N–H and O–H groups in total. The van der Waals surface area contributed by atoms with Crippen molar-refractivity contribution < 1.29 is 4.79 Å². The lowest BCUT2D eigenvalue weighted by molar-refractivity contribution is -0.118. The van der Waals surface area contributed by atoms with E-state index < -0.39 is 0 Å². The van der Waals surface area contributed by atoms with Crippen molar-refractivity contribution in [2.75, 3.05) is 31.1 Å². The number of fused-ring (bicyclic) bond motifs is 2. The zero-order chi connectivity index (χ0) is 22.7. The summed E-state index contributed by atoms with van der Waals surface area (Å²) in [5.74, 6) is 0.0990. The number of rotatable bonds is 8. The molecular weight excluding hydrogens is 414 g/mol. The number of aromatic nitrogens is 1. The van der Waals surface area contributed by atoms with E-state index in [4.69, 9.17) is 4.98 Å². The molecule has 0 aliphatic heterocycles. The molecule has 0 radical (unpaired) electrons. The van der Waals surface area contributed by atoms with Crippen molar-refractivity contribution in [2.45, 2.75) is 34.1 Å². The second-order valence-electron chi connectivity index (χ2n) is 8.31. The van der Waals surface area contributed by atoms with Crippen molar-refractivity contribution in [3.05, 3.63) is 71.3 Å². The minimum atomic E-state index is 0.0990. The molecule has 4 rings (SSSR count). The summed E-state index contributed by atoms with van der Waals surface area (Å²) in [5.41, 5.74) is 4.46. The fraction of sp³-hybridized carbons (Fsp3) is 0.333. The Bertz CT molecular complexity index is 1240. The molecular formula is C27H31N3OS. The van der Waals surface area contributed by atoms with Crippen LogP contribution in [0.2, 0.25) is 0 Å². The number of thiazole rings is 1. The number of carbonyl (C=O) groups excluding carboxylic acids is 1. The van der Waals surface area contributed by atoms with Crippen LogP contribution in [0.15, 0.2) is 54.6 Å². The third-order valence-electron chi connectivity index (χ3n) is 6.10. The van der Waals surface area contributed by atoms with E-state index in [0.29, 0.717) is 13.0 Å². The van der Waals surface area contributed by atoms with Crippen LogP contribution in [0, 0.1) is 13.8 Å². The molecule has 4 aromatic rings. The van der Waals surface area contributed by atoms with Crippen molar-refractivity contribution in [1.29, 1.82) is 0 Å². The Morgan fingerprint density at radius 3 is 2.50 bits per heavy atom. The first-order chi connectivity index (χ1) is 15.5. The zero-order valence-corrected chi connectivity index (χ0v) is 20.2. The van der Waals surface area contributed by atoms with Gasteiger partial charge < -0.3 is 4.90 Å². The molecule has 0 fully saturated rings. The highest BCUT2D eigenvalue weighted by Crippen LogP contribution is 2.32. The molecule has 1 aromatic heterocycles. The molecule has 32 heavy (non-hydrogen) atoms. The molecule has 5 heteroatoms. The molecule has 0 aliphatic rings. The maximum atomic E-state index is 13.6. The second kappa shape index (κ2) is 9.80. The van der Waals surface area contributed by atoms with Gasteiger partial charge in [-0.05, 0) is 60.5 Å². The largest absolute Gasteiger partial charge is 0.302 e. The lowest BCUT2D eigenvalue weighted by Crippen LogP contribution is -2.39. The fourth-order valence-electron chi connectivity index (χ4n) is 4.29. The zero-order valence-electron chi connectivity index (χ0n) is 19.4. The number of benzene rings is 3. The molecule has 0 spiro atoms. The second-order valence-corrected chi connectivity index (χ2v) is 9.29. The molecule has 0 saturated heterocycles. The van der Waals surface area contributed by atoms with Crippen molar-refractivity contribution in [3.63, 3.8) is 0 Å². The quantitative estimate of drug-likeness (QED) is 0.334. The van der Waals surface area contributed by atoms with Gasteiger partial charge in [-0.1, -0.05) is 73.7 Å². The van der Waals surface area contributed by atoms with Gasteiger partial charge in [-0.15, -0.1) is 0 Å². The highest BCUT2D eigenvalue weighted by Gasteiger charge is 2.22. The van der Waals surface area contributed by atoms with Gasteiger partial charge in [0.1, 0.15) is 0 Å². The smallest absolute Gasteiger partial charge is 0.233 e. The maximum absolute atomic E-state index is 13.6. The predicted molar refractivity (Wildman–Crippen MR) is 137 cm³/mol. The van der Waals surface area contributed by atoms with Gasteiger partial charge in [0.2, 0.25) is 5.91 Å². The molecule has 0 atom stereocenters. The SMILES string of the molecule is CCN(CC)CCN(C(=O)Cc1cccc2ccccc12)c1nc2cc(C)cc(C)c2s1. The van der Waals surface area contributed by atoms with Gasteiger partial charge in [-0.2, -0.15) is 0 Å². The van der Waals surface area contributed by atoms with Crippen LogP contribution in [0.3, 0.4) is 0 Å². The number of likely N-dealkylation sites (N-methyl/N-ethyl adjacent to an activating group) is 1. The van der Waals surface area contributed by atoms with Crippen molar-refractivity contribution in [3.8, 4) is 0 Å². The summed E-state index contributed by atoms with van der Waals surface area (Å²) in [7, 11) is 0. The van der Waals surface area contributed by atoms with E-state index >= 15 is 0 Å². The normalized spacial score (nSPS) is 11.5. The van der Waals surface area contributed by atoms with Crippen LogP contribution in [0.5, 0.6) is 0 Å². The van der Waals surface area contributed by atoms with Crippen molar-refractivity contribution in [2.24, 2.45) is 0 Å². The third kappa shape index (κ3) is 4.69.